The summed E-state index contributed by atoms with van der Waals surface area (Å²) < 4.78 is 11.7. The summed E-state index contributed by atoms with van der Waals surface area (Å²) in [6, 6.07) is 0. The average Bonchev–Trinajstić information content (AvgIpc) is 3.27. The fraction of sp³-hybridized carbons (Fsp3) is 0.961. The van der Waals surface area contributed by atoms with Gasteiger partial charge in [0.05, 0.1) is 26.5 Å². The number of esters is 2. The van der Waals surface area contributed by atoms with Crippen LogP contribution in [-0.4, -0.2) is 107 Å². The topological polar surface area (TPSA) is 127 Å². The first kappa shape index (κ1) is 60.7. The lowest BCUT2D eigenvalue weighted by molar-refractivity contribution is -0.146. The lowest BCUT2D eigenvalue weighted by Gasteiger charge is -2.27. The van der Waals surface area contributed by atoms with Crippen molar-refractivity contribution >= 4 is 11.9 Å². The van der Waals surface area contributed by atoms with Gasteiger partial charge in [0.2, 0.25) is 0 Å². The zero-order valence-corrected chi connectivity index (χ0v) is 41.8. The first-order valence-corrected chi connectivity index (χ1v) is 26.6. The predicted octanol–water partition coefficient (Wildman–Crippen LogP) is 10.8. The van der Waals surface area contributed by atoms with E-state index in [0.29, 0.717) is 57.8 Å². The van der Waals surface area contributed by atoms with Crippen molar-refractivity contribution < 1.29 is 24.2 Å². The van der Waals surface area contributed by atoms with Crippen molar-refractivity contribution in [1.29, 1.82) is 0 Å². The second-order valence-electron chi connectivity index (χ2n) is 18.4. The molecule has 2 atom stereocenters. The van der Waals surface area contributed by atoms with Crippen LogP contribution in [0.4, 0.5) is 0 Å². The number of aliphatic hydroxyl groups excluding tert-OH is 1. The maximum atomic E-state index is 12.8. The van der Waals surface area contributed by atoms with Crippen LogP contribution in [0, 0.1) is 11.8 Å². The molecule has 2 unspecified atom stereocenters. The molecular weight excluding hydrogens is 777 g/mol. The lowest BCUT2D eigenvalue weighted by Crippen LogP contribution is -2.48. The van der Waals surface area contributed by atoms with Gasteiger partial charge in [0.25, 0.3) is 0 Å². The summed E-state index contributed by atoms with van der Waals surface area (Å²) in [5, 5.41) is 21.3. The smallest absolute Gasteiger partial charge is 0.305 e. The highest BCUT2D eigenvalue weighted by Gasteiger charge is 2.14. The van der Waals surface area contributed by atoms with E-state index in [-0.39, 0.29) is 18.5 Å². The third-order valence-electron chi connectivity index (χ3n) is 12.1. The van der Waals surface area contributed by atoms with E-state index < -0.39 is 0 Å². The largest absolute Gasteiger partial charge is 0.465 e. The van der Waals surface area contributed by atoms with E-state index in [1.54, 1.807) is 0 Å². The first-order valence-electron chi connectivity index (χ1n) is 26.6. The van der Waals surface area contributed by atoms with Gasteiger partial charge in [0.1, 0.15) is 0 Å². The number of nitrogens with zero attached hydrogens (tertiary/aromatic N) is 2. The van der Waals surface area contributed by atoms with Crippen LogP contribution in [0.1, 0.15) is 227 Å². The Morgan fingerprint density at radius 3 is 1.44 bits per heavy atom. The van der Waals surface area contributed by atoms with Crippen LogP contribution in [0.3, 0.4) is 0 Å². The van der Waals surface area contributed by atoms with E-state index in [2.05, 4.69) is 66.0 Å². The van der Waals surface area contributed by atoms with Crippen molar-refractivity contribution in [2.45, 2.75) is 227 Å². The molecule has 0 aromatic heterocycles. The monoisotopic (exact) mass is 883 g/mol. The van der Waals surface area contributed by atoms with Gasteiger partial charge in [-0.25, -0.2) is 10.4 Å². The summed E-state index contributed by atoms with van der Waals surface area (Å²) in [5.41, 5.74) is 3.62. The number of hydrazine groups is 1. The van der Waals surface area contributed by atoms with Gasteiger partial charge in [-0.3, -0.25) is 19.8 Å². The molecule has 62 heavy (non-hydrogen) atoms. The molecule has 0 heterocycles. The van der Waals surface area contributed by atoms with Crippen LogP contribution in [0.15, 0.2) is 0 Å². The number of aliphatic hydroxyl groups is 1. The van der Waals surface area contributed by atoms with Crippen molar-refractivity contribution in [3.8, 4) is 0 Å². The number of carbonyl (C=O) groups excluding carboxylic acids is 2. The number of nitrogens with one attached hydrogen (secondary N) is 4. The Labute approximate surface area is 384 Å². The highest BCUT2D eigenvalue weighted by atomic mass is 16.5. The van der Waals surface area contributed by atoms with Crippen LogP contribution >= 0.6 is 0 Å². The molecule has 0 radical (unpaired) electrons. The highest BCUT2D eigenvalue weighted by Crippen LogP contribution is 2.21. The molecule has 11 nitrogen and oxygen atoms in total. The van der Waals surface area contributed by atoms with E-state index in [4.69, 9.17) is 14.6 Å². The summed E-state index contributed by atoms with van der Waals surface area (Å²) in [7, 11) is 2.08. The molecule has 0 fully saturated rings. The summed E-state index contributed by atoms with van der Waals surface area (Å²) in [6.07, 6.45) is 36.2. The Morgan fingerprint density at radius 1 is 0.484 bits per heavy atom. The van der Waals surface area contributed by atoms with E-state index in [1.807, 2.05) is 0 Å². The van der Waals surface area contributed by atoms with Gasteiger partial charge in [-0.15, -0.1) is 0 Å². The van der Waals surface area contributed by atoms with Crippen molar-refractivity contribution in [2.75, 3.05) is 79.6 Å². The number of carbonyl (C=O) groups is 2. The Morgan fingerprint density at radius 2 is 0.919 bits per heavy atom. The molecule has 11 heteroatoms. The zero-order valence-electron chi connectivity index (χ0n) is 41.8. The number of ether oxygens (including phenoxy) is 2. The average molecular weight is 883 g/mol. The zero-order chi connectivity index (χ0) is 45.4. The summed E-state index contributed by atoms with van der Waals surface area (Å²) in [5.74, 6) is 0.925. The van der Waals surface area contributed by atoms with Gasteiger partial charge >= 0.3 is 11.9 Å². The lowest BCUT2D eigenvalue weighted by atomic mass is 9.95. The molecule has 0 aliphatic heterocycles. The van der Waals surface area contributed by atoms with Gasteiger partial charge in [-0.1, -0.05) is 163 Å². The molecule has 370 valence electrons. The Balaban J connectivity index is 4.64. The molecular formula is C51H106N6O5. The van der Waals surface area contributed by atoms with Gasteiger partial charge < -0.3 is 25.2 Å². The van der Waals surface area contributed by atoms with Crippen molar-refractivity contribution in [3.63, 3.8) is 0 Å². The molecule has 0 saturated carbocycles. The number of hydrogen-bond acceptors (Lipinski definition) is 11. The third kappa shape index (κ3) is 43.9. The Hall–Kier alpha value is -1.34. The third-order valence-corrected chi connectivity index (χ3v) is 12.1. The Kier molecular flexibility index (Phi) is 48.0. The first-order chi connectivity index (χ1) is 30.4. The maximum Gasteiger partial charge on any atom is 0.305 e. The molecule has 0 amide bonds. The normalized spacial score (nSPS) is 12.7. The van der Waals surface area contributed by atoms with Crippen LogP contribution in [-0.2, 0) is 19.1 Å². The van der Waals surface area contributed by atoms with E-state index in [1.165, 1.54) is 154 Å². The van der Waals surface area contributed by atoms with Crippen molar-refractivity contribution in [1.82, 2.24) is 31.3 Å². The standard InChI is InChI=1S/C51H106N6O5/c1-6-10-14-18-20-25-33-48(31-23-16-12-8-3)43-61-50(59)35-27-22-28-40-57(55-47-56(5)46-54-45-53-39-42-58)41-30-38-52-37-29-36-51(60)62-44-49(32-24-17-13-9-4)34-26-21-19-15-11-7-2/h48-49,52-55,58H,6-47H2,1-5H3. The Bertz CT molecular complexity index is 933. The van der Waals surface area contributed by atoms with Crippen molar-refractivity contribution in [3.05, 3.63) is 0 Å². The fourth-order valence-electron chi connectivity index (χ4n) is 8.01. The van der Waals surface area contributed by atoms with Crippen LogP contribution in [0.2, 0.25) is 0 Å². The molecule has 0 bridgehead atoms. The second kappa shape index (κ2) is 49.1. The van der Waals surface area contributed by atoms with Crippen LogP contribution in [0.5, 0.6) is 0 Å². The molecule has 0 aliphatic rings. The number of rotatable bonds is 51. The van der Waals surface area contributed by atoms with Gasteiger partial charge in [0.15, 0.2) is 0 Å². The number of unbranched alkanes of at least 4 members (excludes halogenated alkanes) is 18. The SMILES string of the molecule is CCCCCCCCC(CCCCCC)COC(=O)CCCCCN(CCCNCCCC(=O)OCC(CCCCCC)CCCCCCCC)NCN(C)CNCNCCO. The van der Waals surface area contributed by atoms with Gasteiger partial charge in [-0.05, 0) is 83.3 Å². The van der Waals surface area contributed by atoms with Gasteiger partial charge in [0, 0.05) is 45.8 Å². The molecule has 0 aliphatic carbocycles. The molecule has 5 N–H and O–H groups in total. The summed E-state index contributed by atoms with van der Waals surface area (Å²) in [4.78, 5) is 27.6. The minimum atomic E-state index is -0.0507. The number of hydrogen-bond donors (Lipinski definition) is 5. The minimum Gasteiger partial charge on any atom is -0.465 e. The molecule has 0 saturated heterocycles. The summed E-state index contributed by atoms with van der Waals surface area (Å²) >= 11 is 0. The predicted molar refractivity (Wildman–Crippen MR) is 263 cm³/mol. The van der Waals surface area contributed by atoms with E-state index in [9.17, 15) is 9.59 Å². The van der Waals surface area contributed by atoms with Crippen LogP contribution < -0.4 is 21.4 Å². The molecule has 0 aromatic carbocycles. The summed E-state index contributed by atoms with van der Waals surface area (Å²) in [6.45, 7) is 16.6. The van der Waals surface area contributed by atoms with E-state index >= 15 is 0 Å². The second-order valence-corrected chi connectivity index (χ2v) is 18.4. The van der Waals surface area contributed by atoms with Crippen LogP contribution in [0.25, 0.3) is 0 Å². The van der Waals surface area contributed by atoms with Gasteiger partial charge in [-0.2, -0.15) is 0 Å². The fourth-order valence-corrected chi connectivity index (χ4v) is 8.01. The maximum absolute atomic E-state index is 12.8. The highest BCUT2D eigenvalue weighted by molar-refractivity contribution is 5.69. The molecule has 0 spiro atoms. The molecule has 0 aromatic rings. The quantitative estimate of drug-likeness (QED) is 0.0173. The minimum absolute atomic E-state index is 0.0334. The van der Waals surface area contributed by atoms with Crippen molar-refractivity contribution in [2.24, 2.45) is 11.8 Å². The molecule has 0 rings (SSSR count). The van der Waals surface area contributed by atoms with E-state index in [0.717, 1.165) is 65.0 Å².